The van der Waals surface area contributed by atoms with Crippen molar-refractivity contribution < 1.29 is 9.21 Å². The molecule has 2 N–H and O–H groups in total. The van der Waals surface area contributed by atoms with E-state index in [0.29, 0.717) is 12.1 Å². The lowest BCUT2D eigenvalue weighted by atomic mass is 10.2. The lowest BCUT2D eigenvalue weighted by Crippen LogP contribution is -2.17. The summed E-state index contributed by atoms with van der Waals surface area (Å²) in [5.74, 6) is 0.642. The molecule has 0 bridgehead atoms. The van der Waals surface area contributed by atoms with Crippen molar-refractivity contribution in [2.24, 2.45) is 0 Å². The standard InChI is InChI=1S/C12H13N3O2/c1-13-12(16)9-3-2-4-10(5-9)15-7-11-6-14-8-17-11/h2-6,8,15H,7H2,1H3,(H,13,16). The van der Waals surface area contributed by atoms with E-state index in [9.17, 15) is 4.79 Å². The van der Waals surface area contributed by atoms with E-state index in [1.54, 1.807) is 25.4 Å². The summed E-state index contributed by atoms with van der Waals surface area (Å²) in [5.41, 5.74) is 1.48. The lowest BCUT2D eigenvalue weighted by molar-refractivity contribution is 0.0963. The van der Waals surface area contributed by atoms with Crippen LogP contribution in [0.25, 0.3) is 0 Å². The molecule has 0 aliphatic heterocycles. The van der Waals surface area contributed by atoms with Gasteiger partial charge in [-0.2, -0.15) is 0 Å². The number of hydrogen-bond acceptors (Lipinski definition) is 4. The molecule has 0 unspecified atom stereocenters. The summed E-state index contributed by atoms with van der Waals surface area (Å²) in [6.45, 7) is 0.539. The van der Waals surface area contributed by atoms with E-state index < -0.39 is 0 Å². The van der Waals surface area contributed by atoms with Crippen molar-refractivity contribution in [3.63, 3.8) is 0 Å². The van der Waals surface area contributed by atoms with Crippen molar-refractivity contribution in [1.29, 1.82) is 0 Å². The average Bonchev–Trinajstić information content (AvgIpc) is 2.89. The number of benzene rings is 1. The van der Waals surface area contributed by atoms with Gasteiger partial charge in [0.1, 0.15) is 5.76 Å². The fourth-order valence-corrected chi connectivity index (χ4v) is 1.43. The van der Waals surface area contributed by atoms with Crippen LogP contribution in [0.2, 0.25) is 0 Å². The van der Waals surface area contributed by atoms with Crippen LogP contribution in [0.1, 0.15) is 16.1 Å². The van der Waals surface area contributed by atoms with E-state index in [4.69, 9.17) is 4.42 Å². The van der Waals surface area contributed by atoms with Crippen LogP contribution in [-0.4, -0.2) is 17.9 Å². The van der Waals surface area contributed by atoms with E-state index in [2.05, 4.69) is 15.6 Å². The third-order valence-corrected chi connectivity index (χ3v) is 2.30. The molecule has 1 aromatic carbocycles. The molecule has 5 nitrogen and oxygen atoms in total. The van der Waals surface area contributed by atoms with Gasteiger partial charge in [-0.15, -0.1) is 0 Å². The fourth-order valence-electron chi connectivity index (χ4n) is 1.43. The third-order valence-electron chi connectivity index (χ3n) is 2.30. The Kier molecular flexibility index (Phi) is 3.40. The van der Waals surface area contributed by atoms with Crippen molar-refractivity contribution in [2.75, 3.05) is 12.4 Å². The number of amides is 1. The van der Waals surface area contributed by atoms with Gasteiger partial charge in [0.2, 0.25) is 0 Å². The van der Waals surface area contributed by atoms with E-state index in [-0.39, 0.29) is 5.91 Å². The largest absolute Gasteiger partial charge is 0.447 e. The van der Waals surface area contributed by atoms with E-state index in [1.807, 2.05) is 12.1 Å². The topological polar surface area (TPSA) is 67.2 Å². The summed E-state index contributed by atoms with van der Waals surface area (Å²) >= 11 is 0. The van der Waals surface area contributed by atoms with Gasteiger partial charge < -0.3 is 15.1 Å². The zero-order valence-electron chi connectivity index (χ0n) is 9.43. The van der Waals surface area contributed by atoms with Crippen LogP contribution in [0.3, 0.4) is 0 Å². The van der Waals surface area contributed by atoms with E-state index in [0.717, 1.165) is 11.4 Å². The number of rotatable bonds is 4. The number of oxazole rings is 1. The number of nitrogens with zero attached hydrogens (tertiary/aromatic N) is 1. The van der Waals surface area contributed by atoms with Crippen LogP contribution in [0, 0.1) is 0 Å². The Hall–Kier alpha value is -2.30. The molecule has 1 aromatic heterocycles. The quantitative estimate of drug-likeness (QED) is 0.839. The number of carbonyl (C=O) groups excluding carboxylic acids is 1. The van der Waals surface area contributed by atoms with Crippen molar-refractivity contribution in [3.8, 4) is 0 Å². The first-order valence-corrected chi connectivity index (χ1v) is 5.23. The number of anilines is 1. The van der Waals surface area contributed by atoms with Crippen LogP contribution in [0.15, 0.2) is 41.3 Å². The Morgan fingerprint density at radius 1 is 1.47 bits per heavy atom. The predicted octanol–water partition coefficient (Wildman–Crippen LogP) is 1.65. The highest BCUT2D eigenvalue weighted by Gasteiger charge is 2.03. The highest BCUT2D eigenvalue weighted by Crippen LogP contribution is 2.12. The van der Waals surface area contributed by atoms with Gasteiger partial charge in [0.05, 0.1) is 12.7 Å². The summed E-state index contributed by atoms with van der Waals surface area (Å²) in [6, 6.07) is 7.27. The number of nitrogens with one attached hydrogen (secondary N) is 2. The lowest BCUT2D eigenvalue weighted by Gasteiger charge is -2.06. The average molecular weight is 231 g/mol. The molecule has 2 aromatic rings. The zero-order chi connectivity index (χ0) is 12.1. The Balaban J connectivity index is 2.03. The minimum Gasteiger partial charge on any atom is -0.447 e. The van der Waals surface area contributed by atoms with Crippen molar-refractivity contribution in [1.82, 2.24) is 10.3 Å². The Labute approximate surface area is 98.9 Å². The van der Waals surface area contributed by atoms with E-state index in [1.165, 1.54) is 6.39 Å². The normalized spacial score (nSPS) is 9.94. The molecule has 88 valence electrons. The second-order valence-corrected chi connectivity index (χ2v) is 3.48. The first kappa shape index (κ1) is 11.2. The van der Waals surface area contributed by atoms with Crippen molar-refractivity contribution in [3.05, 3.63) is 48.2 Å². The summed E-state index contributed by atoms with van der Waals surface area (Å²) < 4.78 is 5.10. The zero-order valence-corrected chi connectivity index (χ0v) is 9.43. The molecule has 1 amide bonds. The highest BCUT2D eigenvalue weighted by molar-refractivity contribution is 5.94. The molecule has 0 saturated heterocycles. The SMILES string of the molecule is CNC(=O)c1cccc(NCc2cnco2)c1. The molecule has 1 heterocycles. The van der Waals surface area contributed by atoms with E-state index >= 15 is 0 Å². The maximum atomic E-state index is 11.4. The maximum absolute atomic E-state index is 11.4. The second-order valence-electron chi connectivity index (χ2n) is 3.48. The molecule has 2 rings (SSSR count). The number of hydrogen-bond donors (Lipinski definition) is 2. The summed E-state index contributed by atoms with van der Waals surface area (Å²) in [5, 5.41) is 5.74. The third kappa shape index (κ3) is 2.84. The smallest absolute Gasteiger partial charge is 0.251 e. The van der Waals surface area contributed by atoms with Gasteiger partial charge in [-0.05, 0) is 18.2 Å². The molecule has 0 spiro atoms. The second kappa shape index (κ2) is 5.16. The van der Waals surface area contributed by atoms with Crippen LogP contribution in [0.5, 0.6) is 0 Å². The van der Waals surface area contributed by atoms with Crippen LogP contribution < -0.4 is 10.6 Å². The Morgan fingerprint density at radius 2 is 2.35 bits per heavy atom. The van der Waals surface area contributed by atoms with Gasteiger partial charge in [0, 0.05) is 18.3 Å². The molecular weight excluding hydrogens is 218 g/mol. The molecule has 5 heteroatoms. The summed E-state index contributed by atoms with van der Waals surface area (Å²) in [7, 11) is 1.61. The van der Waals surface area contributed by atoms with Gasteiger partial charge >= 0.3 is 0 Å². The fraction of sp³-hybridized carbons (Fsp3) is 0.167. The van der Waals surface area contributed by atoms with Crippen LogP contribution in [-0.2, 0) is 6.54 Å². The molecule has 0 radical (unpaired) electrons. The Bertz CT molecular complexity index is 494. The Morgan fingerprint density at radius 3 is 3.06 bits per heavy atom. The van der Waals surface area contributed by atoms with Gasteiger partial charge in [0.15, 0.2) is 6.39 Å². The molecule has 0 aliphatic rings. The predicted molar refractivity (Wildman–Crippen MR) is 63.7 cm³/mol. The summed E-state index contributed by atoms with van der Waals surface area (Å²) in [4.78, 5) is 15.3. The minimum absolute atomic E-state index is 0.103. The van der Waals surface area contributed by atoms with Crippen LogP contribution in [0.4, 0.5) is 5.69 Å². The molecule has 0 saturated carbocycles. The number of aromatic nitrogens is 1. The first-order valence-electron chi connectivity index (χ1n) is 5.23. The molecule has 0 aliphatic carbocycles. The molecular formula is C12H13N3O2. The summed E-state index contributed by atoms with van der Waals surface area (Å²) in [6.07, 6.45) is 3.04. The minimum atomic E-state index is -0.103. The van der Waals surface area contributed by atoms with Gasteiger partial charge in [-0.3, -0.25) is 4.79 Å². The van der Waals surface area contributed by atoms with Crippen molar-refractivity contribution >= 4 is 11.6 Å². The highest BCUT2D eigenvalue weighted by atomic mass is 16.3. The van der Waals surface area contributed by atoms with Crippen LogP contribution >= 0.6 is 0 Å². The van der Waals surface area contributed by atoms with Gasteiger partial charge in [-0.25, -0.2) is 4.98 Å². The van der Waals surface area contributed by atoms with Gasteiger partial charge in [0.25, 0.3) is 5.91 Å². The maximum Gasteiger partial charge on any atom is 0.251 e. The molecule has 17 heavy (non-hydrogen) atoms. The molecule has 0 fully saturated rings. The first-order chi connectivity index (χ1) is 8.29. The monoisotopic (exact) mass is 231 g/mol. The van der Waals surface area contributed by atoms with Crippen molar-refractivity contribution in [2.45, 2.75) is 6.54 Å². The van der Waals surface area contributed by atoms with Gasteiger partial charge in [-0.1, -0.05) is 6.07 Å². The number of carbonyl (C=O) groups is 1. The molecule has 0 atom stereocenters.